The summed E-state index contributed by atoms with van der Waals surface area (Å²) >= 11 is 1.24. The highest BCUT2D eigenvalue weighted by atomic mass is 32.2. The molecule has 400 valence electrons. The van der Waals surface area contributed by atoms with Gasteiger partial charge in [0.05, 0.1) is 0 Å². The number of hydrogen-bond acceptors (Lipinski definition) is 15. The summed E-state index contributed by atoms with van der Waals surface area (Å²) in [7, 11) is 0. The van der Waals surface area contributed by atoms with Crippen molar-refractivity contribution in [3.8, 4) is 0 Å². The van der Waals surface area contributed by atoms with Crippen LogP contribution in [0.15, 0.2) is 9.98 Å². The maximum absolute atomic E-state index is 14.1. The fourth-order valence-corrected chi connectivity index (χ4v) is 6.56. The largest absolute Gasteiger partial charge is 0.481 e. The number of nitrogens with two attached hydrogens (primary N) is 6. The molecule has 0 aliphatic heterocycles. The topological polar surface area (TPSA) is 522 Å². The van der Waals surface area contributed by atoms with Crippen LogP contribution in [-0.4, -0.2) is 167 Å². The van der Waals surface area contributed by atoms with Gasteiger partial charge in [0.25, 0.3) is 0 Å². The van der Waals surface area contributed by atoms with Crippen LogP contribution < -0.4 is 76.9 Å². The second-order valence-corrected chi connectivity index (χ2v) is 17.0. The molecular weight excluding hydrogens is 961 g/mol. The Labute approximate surface area is 413 Å². The maximum atomic E-state index is 14.1. The van der Waals surface area contributed by atoms with E-state index < -0.39 is 158 Å². The molecule has 0 saturated heterocycles. The normalized spacial score (nSPS) is 14.0. The van der Waals surface area contributed by atoms with Crippen LogP contribution in [0.2, 0.25) is 0 Å². The molecule has 0 rings (SSSR count). The molecule has 0 unspecified atom stereocenters. The highest BCUT2D eigenvalue weighted by Crippen LogP contribution is 2.10. The van der Waals surface area contributed by atoms with Gasteiger partial charge in [0.2, 0.25) is 59.1 Å². The van der Waals surface area contributed by atoms with Gasteiger partial charge in [-0.05, 0) is 77.2 Å². The lowest BCUT2D eigenvalue weighted by Crippen LogP contribution is -2.60. The van der Waals surface area contributed by atoms with Crippen molar-refractivity contribution in [3.05, 3.63) is 0 Å². The van der Waals surface area contributed by atoms with Crippen LogP contribution in [-0.2, 0) is 57.5 Å². The van der Waals surface area contributed by atoms with Crippen molar-refractivity contribution in [1.82, 2.24) is 42.5 Å². The SMILES string of the molecule is CSCC[C@@H](NC(=O)[C@H](CCC(N)=O)NC(=O)[C@H](CCCN=C(N)N)NC(=O)[C@H](CCCN=C(N)N)NC(=O)[C@H](C)NC(C)=O)C(=O)N[C@@H](CCC(=O)O)C(=O)N[C@@H](CCC(=O)O)C(=O)N[C@@H](C)C(N)=O. The number of rotatable bonds is 36. The molecule has 10 amide bonds. The monoisotopic (exact) mass is 1030 g/mol. The average molecular weight is 1030 g/mol. The summed E-state index contributed by atoms with van der Waals surface area (Å²) in [6.45, 7) is 3.80. The lowest BCUT2D eigenvalue weighted by molar-refractivity contribution is -0.140. The van der Waals surface area contributed by atoms with Gasteiger partial charge in [0.15, 0.2) is 11.9 Å². The van der Waals surface area contributed by atoms with Crippen LogP contribution in [0.4, 0.5) is 0 Å². The molecule has 0 aliphatic rings. The third-order valence-electron chi connectivity index (χ3n) is 9.87. The Morgan fingerprint density at radius 2 is 0.775 bits per heavy atom. The number of carbonyl (C=O) groups is 12. The standard InChI is InChI=1S/C40H70N16O14S/c1-19(31(42)63)50-33(65)25(10-13-29(59)60)54-37(69)26(11-14-30(61)62)55-38(70)27(15-18-71-4)56-36(68)24(9-12-28(41)58)53-35(67)23(8-6-17-48-40(45)46)52-34(66)22(7-5-16-47-39(43)44)51-32(64)20(2)49-21(3)57/h19-20,22-27H,5-18H2,1-4H3,(H2,41,58)(H2,42,63)(H,49,57)(H,50,65)(H,51,64)(H,52,66)(H,53,67)(H,54,69)(H,55,70)(H,56,68)(H,59,60)(H,61,62)(H4,43,44,47)(H4,45,46,48)/t19-,20-,22-,23-,24-,25-,26-,27+/m0/s1. The van der Waals surface area contributed by atoms with Crippen molar-refractivity contribution in [1.29, 1.82) is 0 Å². The smallest absolute Gasteiger partial charge is 0.303 e. The zero-order valence-electron chi connectivity index (χ0n) is 40.1. The number of hydrogen-bond donors (Lipinski definition) is 16. The number of carboxylic acid groups (broad SMARTS) is 2. The number of thioether (sulfide) groups is 1. The number of guanidine groups is 2. The summed E-state index contributed by atoms with van der Waals surface area (Å²) in [5.41, 5.74) is 32.3. The van der Waals surface area contributed by atoms with Crippen molar-refractivity contribution in [3.63, 3.8) is 0 Å². The van der Waals surface area contributed by atoms with Crippen molar-refractivity contribution in [2.45, 2.75) is 140 Å². The van der Waals surface area contributed by atoms with E-state index >= 15 is 0 Å². The average Bonchev–Trinajstić information content (AvgIpc) is 3.27. The van der Waals surface area contributed by atoms with E-state index in [4.69, 9.17) is 34.4 Å². The van der Waals surface area contributed by atoms with E-state index in [0.717, 1.165) is 0 Å². The van der Waals surface area contributed by atoms with Gasteiger partial charge in [-0.25, -0.2) is 0 Å². The molecule has 0 bridgehead atoms. The molecule has 0 fully saturated rings. The van der Waals surface area contributed by atoms with Gasteiger partial charge >= 0.3 is 11.9 Å². The number of aliphatic carboxylic acids is 2. The minimum atomic E-state index is -1.71. The van der Waals surface area contributed by atoms with E-state index in [1.165, 1.54) is 32.5 Å². The molecule has 71 heavy (non-hydrogen) atoms. The lowest BCUT2D eigenvalue weighted by atomic mass is 10.0. The molecule has 0 aromatic carbocycles. The molecule has 31 heteroatoms. The first kappa shape index (κ1) is 63.5. The first-order chi connectivity index (χ1) is 33.2. The fraction of sp³-hybridized carbons (Fsp3) is 0.650. The molecule has 22 N–H and O–H groups in total. The van der Waals surface area contributed by atoms with Gasteiger partial charge in [-0.2, -0.15) is 11.8 Å². The third kappa shape index (κ3) is 28.6. The van der Waals surface area contributed by atoms with Crippen molar-refractivity contribution < 1.29 is 67.7 Å². The van der Waals surface area contributed by atoms with Crippen molar-refractivity contribution in [2.24, 2.45) is 44.4 Å². The Bertz CT molecular complexity index is 1950. The van der Waals surface area contributed by atoms with E-state index in [2.05, 4.69) is 52.5 Å². The summed E-state index contributed by atoms with van der Waals surface area (Å²) < 4.78 is 0. The molecule has 0 heterocycles. The van der Waals surface area contributed by atoms with Crippen LogP contribution in [0.5, 0.6) is 0 Å². The predicted octanol–water partition coefficient (Wildman–Crippen LogP) is -6.73. The maximum Gasteiger partial charge on any atom is 0.303 e. The Morgan fingerprint density at radius 3 is 1.08 bits per heavy atom. The van der Waals surface area contributed by atoms with Gasteiger partial charge in [-0.1, -0.05) is 0 Å². The Kier molecular flexibility index (Phi) is 30.4. The van der Waals surface area contributed by atoms with E-state index in [1.807, 2.05) is 0 Å². The zero-order valence-corrected chi connectivity index (χ0v) is 40.9. The third-order valence-corrected chi connectivity index (χ3v) is 10.5. The number of nitrogens with one attached hydrogen (secondary N) is 8. The number of aliphatic imine (C=N–C) groups is 2. The van der Waals surface area contributed by atoms with Crippen LogP contribution in [0, 0.1) is 0 Å². The van der Waals surface area contributed by atoms with Gasteiger partial charge in [-0.15, -0.1) is 0 Å². The predicted molar refractivity (Wildman–Crippen MR) is 257 cm³/mol. The Balaban J connectivity index is 6.88. The summed E-state index contributed by atoms with van der Waals surface area (Å²) in [6, 6.07) is -11.6. The number of amides is 10. The summed E-state index contributed by atoms with van der Waals surface area (Å²) in [6.07, 6.45) is -1.80. The molecule has 8 atom stereocenters. The van der Waals surface area contributed by atoms with Crippen molar-refractivity contribution >= 4 is 94.7 Å². The molecule has 0 aromatic rings. The van der Waals surface area contributed by atoms with Crippen LogP contribution in [0.25, 0.3) is 0 Å². The number of carboxylic acids is 2. The second kappa shape index (κ2) is 33.9. The molecule has 30 nitrogen and oxygen atoms in total. The van der Waals surface area contributed by atoms with Gasteiger partial charge < -0.3 is 87.1 Å². The number of carbonyl (C=O) groups excluding carboxylic acids is 10. The Hall–Kier alpha value is -7.47. The van der Waals surface area contributed by atoms with E-state index in [9.17, 15) is 67.7 Å². The molecular formula is C40H70N16O14S. The highest BCUT2D eigenvalue weighted by molar-refractivity contribution is 7.98. The lowest BCUT2D eigenvalue weighted by Gasteiger charge is -2.28. The molecule has 0 aliphatic carbocycles. The minimum Gasteiger partial charge on any atom is -0.481 e. The van der Waals surface area contributed by atoms with Gasteiger partial charge in [0, 0.05) is 39.3 Å². The summed E-state index contributed by atoms with van der Waals surface area (Å²) in [5, 5.41) is 37.9. The Morgan fingerprint density at radius 1 is 0.451 bits per heavy atom. The molecule has 0 aromatic heterocycles. The first-order valence-electron chi connectivity index (χ1n) is 22.2. The summed E-state index contributed by atoms with van der Waals surface area (Å²) in [4.78, 5) is 161. The quantitative estimate of drug-likeness (QED) is 0.0158. The number of primary amides is 2. The second-order valence-electron chi connectivity index (χ2n) is 16.0. The first-order valence-corrected chi connectivity index (χ1v) is 23.6. The van der Waals surface area contributed by atoms with Crippen LogP contribution >= 0.6 is 11.8 Å². The van der Waals surface area contributed by atoms with Gasteiger partial charge in [0.1, 0.15) is 48.3 Å². The highest BCUT2D eigenvalue weighted by Gasteiger charge is 2.34. The zero-order chi connectivity index (χ0) is 54.4. The van der Waals surface area contributed by atoms with E-state index in [-0.39, 0.29) is 62.9 Å². The minimum absolute atomic E-state index is 0.0249. The molecule has 0 saturated carbocycles. The van der Waals surface area contributed by atoms with Crippen LogP contribution in [0.3, 0.4) is 0 Å². The van der Waals surface area contributed by atoms with Crippen molar-refractivity contribution in [2.75, 3.05) is 25.1 Å². The fourth-order valence-electron chi connectivity index (χ4n) is 6.09. The number of nitrogens with zero attached hydrogens (tertiary/aromatic N) is 2. The summed E-state index contributed by atoms with van der Waals surface area (Å²) in [5.74, 6) is -12.3. The van der Waals surface area contributed by atoms with E-state index in [1.54, 1.807) is 6.26 Å². The van der Waals surface area contributed by atoms with Gasteiger partial charge in [-0.3, -0.25) is 67.5 Å². The molecule has 0 spiro atoms. The van der Waals surface area contributed by atoms with E-state index in [0.29, 0.717) is 0 Å². The molecule has 0 radical (unpaired) electrons. The van der Waals surface area contributed by atoms with Crippen LogP contribution in [0.1, 0.15) is 91.4 Å².